The van der Waals surface area contributed by atoms with Gasteiger partial charge in [0, 0.05) is 25.2 Å². The highest BCUT2D eigenvalue weighted by atomic mass is 19.1. The SMILES string of the molecule is CCCNCCNCc1cc(C)ccc1F. The van der Waals surface area contributed by atoms with Gasteiger partial charge in [0.15, 0.2) is 0 Å². The minimum Gasteiger partial charge on any atom is -0.315 e. The van der Waals surface area contributed by atoms with Gasteiger partial charge in [-0.15, -0.1) is 0 Å². The third kappa shape index (κ3) is 4.73. The van der Waals surface area contributed by atoms with Crippen LogP contribution >= 0.6 is 0 Å². The number of hydrogen-bond donors (Lipinski definition) is 2. The van der Waals surface area contributed by atoms with E-state index in [4.69, 9.17) is 0 Å². The van der Waals surface area contributed by atoms with E-state index in [0.29, 0.717) is 6.54 Å². The molecule has 90 valence electrons. The lowest BCUT2D eigenvalue weighted by atomic mass is 10.1. The average Bonchev–Trinajstić information content (AvgIpc) is 2.28. The molecule has 2 nitrogen and oxygen atoms in total. The van der Waals surface area contributed by atoms with E-state index in [1.807, 2.05) is 13.0 Å². The summed E-state index contributed by atoms with van der Waals surface area (Å²) in [5.41, 5.74) is 1.85. The molecule has 0 fully saturated rings. The van der Waals surface area contributed by atoms with Crippen molar-refractivity contribution in [2.24, 2.45) is 0 Å². The van der Waals surface area contributed by atoms with Crippen molar-refractivity contribution in [3.8, 4) is 0 Å². The van der Waals surface area contributed by atoms with Crippen molar-refractivity contribution < 1.29 is 4.39 Å². The molecule has 0 radical (unpaired) electrons. The van der Waals surface area contributed by atoms with Gasteiger partial charge in [0.1, 0.15) is 5.82 Å². The molecule has 0 bridgehead atoms. The van der Waals surface area contributed by atoms with E-state index in [0.717, 1.165) is 37.2 Å². The van der Waals surface area contributed by atoms with Crippen LogP contribution < -0.4 is 10.6 Å². The van der Waals surface area contributed by atoms with Crippen LogP contribution in [0, 0.1) is 12.7 Å². The fourth-order valence-corrected chi connectivity index (χ4v) is 1.54. The predicted octanol–water partition coefficient (Wildman–Crippen LogP) is 2.22. The first-order chi connectivity index (χ1) is 7.74. The first-order valence-electron chi connectivity index (χ1n) is 5.90. The third-order valence-corrected chi connectivity index (χ3v) is 2.42. The molecule has 0 unspecified atom stereocenters. The van der Waals surface area contributed by atoms with Crippen molar-refractivity contribution in [2.45, 2.75) is 26.8 Å². The largest absolute Gasteiger partial charge is 0.315 e. The van der Waals surface area contributed by atoms with E-state index >= 15 is 0 Å². The first kappa shape index (κ1) is 13.1. The number of hydrogen-bond acceptors (Lipinski definition) is 2. The summed E-state index contributed by atoms with van der Waals surface area (Å²) in [4.78, 5) is 0. The summed E-state index contributed by atoms with van der Waals surface area (Å²) in [6, 6.07) is 5.21. The highest BCUT2D eigenvalue weighted by Crippen LogP contribution is 2.09. The molecule has 2 N–H and O–H groups in total. The minimum atomic E-state index is -0.125. The molecule has 0 atom stereocenters. The molecule has 0 aliphatic heterocycles. The standard InChI is InChI=1S/C13H21FN2/c1-3-6-15-7-8-16-10-12-9-11(2)4-5-13(12)14/h4-5,9,15-16H,3,6-8,10H2,1-2H3. The first-order valence-corrected chi connectivity index (χ1v) is 5.90. The van der Waals surface area contributed by atoms with Crippen molar-refractivity contribution in [2.75, 3.05) is 19.6 Å². The molecule has 3 heteroatoms. The van der Waals surface area contributed by atoms with Crippen LogP contribution in [-0.2, 0) is 6.54 Å². The molecule has 0 saturated carbocycles. The Bertz CT molecular complexity index is 313. The Morgan fingerprint density at radius 1 is 1.12 bits per heavy atom. The number of aryl methyl sites for hydroxylation is 1. The average molecular weight is 224 g/mol. The lowest BCUT2D eigenvalue weighted by Gasteiger charge is -2.07. The Morgan fingerprint density at radius 2 is 1.88 bits per heavy atom. The highest BCUT2D eigenvalue weighted by molar-refractivity contribution is 5.23. The van der Waals surface area contributed by atoms with Gasteiger partial charge in [0.05, 0.1) is 0 Å². The number of benzene rings is 1. The molecule has 1 aromatic rings. The van der Waals surface area contributed by atoms with Crippen LogP contribution in [0.25, 0.3) is 0 Å². The second kappa shape index (κ2) is 7.36. The zero-order valence-electron chi connectivity index (χ0n) is 10.1. The summed E-state index contributed by atoms with van der Waals surface area (Å²) in [7, 11) is 0. The molecule has 0 heterocycles. The molecule has 1 rings (SSSR count). The molecular formula is C13H21FN2. The lowest BCUT2D eigenvalue weighted by molar-refractivity contribution is 0.572. The van der Waals surface area contributed by atoms with Crippen LogP contribution in [0.1, 0.15) is 24.5 Å². The lowest BCUT2D eigenvalue weighted by Crippen LogP contribution is -2.27. The number of halogens is 1. The Kier molecular flexibility index (Phi) is 6.04. The van der Waals surface area contributed by atoms with Crippen LogP contribution in [0.5, 0.6) is 0 Å². The van der Waals surface area contributed by atoms with Crippen molar-refractivity contribution in [3.63, 3.8) is 0 Å². The Labute approximate surface area is 97.3 Å². The van der Waals surface area contributed by atoms with Crippen LogP contribution in [-0.4, -0.2) is 19.6 Å². The maximum atomic E-state index is 13.3. The van der Waals surface area contributed by atoms with Gasteiger partial charge in [0.25, 0.3) is 0 Å². The molecule has 0 amide bonds. The topological polar surface area (TPSA) is 24.1 Å². The summed E-state index contributed by atoms with van der Waals surface area (Å²) in [5.74, 6) is -0.125. The third-order valence-electron chi connectivity index (χ3n) is 2.42. The number of rotatable bonds is 7. The summed E-state index contributed by atoms with van der Waals surface area (Å²) in [5, 5.41) is 6.52. The fourth-order valence-electron chi connectivity index (χ4n) is 1.54. The monoisotopic (exact) mass is 224 g/mol. The van der Waals surface area contributed by atoms with Crippen LogP contribution in [0.2, 0.25) is 0 Å². The highest BCUT2D eigenvalue weighted by Gasteiger charge is 2.00. The quantitative estimate of drug-likeness (QED) is 0.694. The minimum absolute atomic E-state index is 0.125. The van der Waals surface area contributed by atoms with Crippen molar-refractivity contribution >= 4 is 0 Å². The predicted molar refractivity (Wildman–Crippen MR) is 66.0 cm³/mol. The Hall–Kier alpha value is -0.930. The fraction of sp³-hybridized carbons (Fsp3) is 0.538. The smallest absolute Gasteiger partial charge is 0.127 e. The molecule has 0 aliphatic rings. The molecule has 0 saturated heterocycles. The van der Waals surface area contributed by atoms with E-state index in [1.165, 1.54) is 6.07 Å². The van der Waals surface area contributed by atoms with Crippen LogP contribution in [0.15, 0.2) is 18.2 Å². The van der Waals surface area contributed by atoms with Gasteiger partial charge in [-0.3, -0.25) is 0 Å². The summed E-state index contributed by atoms with van der Waals surface area (Å²) < 4.78 is 13.3. The van der Waals surface area contributed by atoms with E-state index in [2.05, 4.69) is 17.6 Å². The zero-order chi connectivity index (χ0) is 11.8. The molecular weight excluding hydrogens is 203 g/mol. The maximum Gasteiger partial charge on any atom is 0.127 e. The van der Waals surface area contributed by atoms with Crippen LogP contribution in [0.4, 0.5) is 4.39 Å². The van der Waals surface area contributed by atoms with E-state index < -0.39 is 0 Å². The van der Waals surface area contributed by atoms with E-state index in [9.17, 15) is 4.39 Å². The van der Waals surface area contributed by atoms with E-state index in [1.54, 1.807) is 6.07 Å². The van der Waals surface area contributed by atoms with Gasteiger partial charge in [-0.1, -0.05) is 24.6 Å². The molecule has 0 spiro atoms. The van der Waals surface area contributed by atoms with Crippen molar-refractivity contribution in [1.82, 2.24) is 10.6 Å². The van der Waals surface area contributed by atoms with Gasteiger partial charge < -0.3 is 10.6 Å². The van der Waals surface area contributed by atoms with Gasteiger partial charge in [-0.05, 0) is 26.0 Å². The van der Waals surface area contributed by atoms with E-state index in [-0.39, 0.29) is 5.82 Å². The molecule has 1 aromatic carbocycles. The second-order valence-electron chi connectivity index (χ2n) is 4.02. The maximum absolute atomic E-state index is 13.3. The molecule has 16 heavy (non-hydrogen) atoms. The molecule has 0 aromatic heterocycles. The Morgan fingerprint density at radius 3 is 2.62 bits per heavy atom. The van der Waals surface area contributed by atoms with Crippen molar-refractivity contribution in [1.29, 1.82) is 0 Å². The van der Waals surface area contributed by atoms with Crippen LogP contribution in [0.3, 0.4) is 0 Å². The summed E-state index contributed by atoms with van der Waals surface area (Å²) >= 11 is 0. The number of nitrogens with one attached hydrogen (secondary N) is 2. The molecule has 0 aliphatic carbocycles. The summed E-state index contributed by atoms with van der Waals surface area (Å²) in [6.07, 6.45) is 1.15. The van der Waals surface area contributed by atoms with Gasteiger partial charge in [-0.25, -0.2) is 4.39 Å². The van der Waals surface area contributed by atoms with Gasteiger partial charge in [0.2, 0.25) is 0 Å². The normalized spacial score (nSPS) is 10.7. The van der Waals surface area contributed by atoms with Gasteiger partial charge >= 0.3 is 0 Å². The second-order valence-corrected chi connectivity index (χ2v) is 4.02. The van der Waals surface area contributed by atoms with Gasteiger partial charge in [-0.2, -0.15) is 0 Å². The zero-order valence-corrected chi connectivity index (χ0v) is 10.1. The Balaban J connectivity index is 2.23. The van der Waals surface area contributed by atoms with Crippen molar-refractivity contribution in [3.05, 3.63) is 35.1 Å². The summed E-state index contributed by atoms with van der Waals surface area (Å²) in [6.45, 7) is 7.56.